The van der Waals surface area contributed by atoms with Gasteiger partial charge in [0.05, 0.1) is 7.11 Å². The van der Waals surface area contributed by atoms with Gasteiger partial charge in [0.2, 0.25) is 0 Å². The van der Waals surface area contributed by atoms with Crippen LogP contribution in [0.15, 0.2) is 35.6 Å². The van der Waals surface area contributed by atoms with Gasteiger partial charge in [-0.1, -0.05) is 24.6 Å². The SMILES string of the molecule is COC1=CC=CC(C)C(C)=C1. The first-order valence-corrected chi connectivity index (χ1v) is 3.84. The zero-order valence-electron chi connectivity index (χ0n) is 7.29. The maximum absolute atomic E-state index is 5.12. The van der Waals surface area contributed by atoms with E-state index in [9.17, 15) is 0 Å². The third-order valence-corrected chi connectivity index (χ3v) is 1.98. The molecule has 11 heavy (non-hydrogen) atoms. The van der Waals surface area contributed by atoms with Crippen molar-refractivity contribution in [3.8, 4) is 0 Å². The number of allylic oxidation sites excluding steroid dienone is 5. The molecule has 0 heterocycles. The van der Waals surface area contributed by atoms with E-state index in [0.717, 1.165) is 5.76 Å². The van der Waals surface area contributed by atoms with E-state index in [1.54, 1.807) is 7.11 Å². The minimum absolute atomic E-state index is 0.527. The predicted molar refractivity (Wildman–Crippen MR) is 47.2 cm³/mol. The molecular weight excluding hydrogens is 136 g/mol. The van der Waals surface area contributed by atoms with Crippen molar-refractivity contribution in [1.82, 2.24) is 0 Å². The van der Waals surface area contributed by atoms with Gasteiger partial charge in [-0.3, -0.25) is 0 Å². The van der Waals surface area contributed by atoms with Gasteiger partial charge in [-0.25, -0.2) is 0 Å². The monoisotopic (exact) mass is 150 g/mol. The fourth-order valence-electron chi connectivity index (χ4n) is 1.000. The maximum Gasteiger partial charge on any atom is 0.118 e. The van der Waals surface area contributed by atoms with Crippen molar-refractivity contribution in [2.75, 3.05) is 7.11 Å². The summed E-state index contributed by atoms with van der Waals surface area (Å²) in [5.74, 6) is 1.46. The Morgan fingerprint density at radius 3 is 2.82 bits per heavy atom. The van der Waals surface area contributed by atoms with E-state index >= 15 is 0 Å². The lowest BCUT2D eigenvalue weighted by atomic mass is 10.0. The zero-order chi connectivity index (χ0) is 8.27. The molecule has 1 unspecified atom stereocenters. The molecule has 1 heteroatoms. The maximum atomic E-state index is 5.12. The van der Waals surface area contributed by atoms with E-state index in [4.69, 9.17) is 4.74 Å². The summed E-state index contributed by atoms with van der Waals surface area (Å²) in [7, 11) is 1.69. The summed E-state index contributed by atoms with van der Waals surface area (Å²) in [6, 6.07) is 0. The lowest BCUT2D eigenvalue weighted by molar-refractivity contribution is 0.306. The van der Waals surface area contributed by atoms with Crippen LogP contribution in [0.1, 0.15) is 13.8 Å². The van der Waals surface area contributed by atoms with Crippen LogP contribution in [-0.4, -0.2) is 7.11 Å². The topological polar surface area (TPSA) is 9.23 Å². The van der Waals surface area contributed by atoms with Crippen molar-refractivity contribution >= 4 is 0 Å². The minimum Gasteiger partial charge on any atom is -0.497 e. The second-order valence-electron chi connectivity index (χ2n) is 2.84. The smallest absolute Gasteiger partial charge is 0.118 e. The van der Waals surface area contributed by atoms with Gasteiger partial charge in [-0.05, 0) is 25.0 Å². The Balaban J connectivity index is 2.87. The Bertz CT molecular complexity index is 221. The van der Waals surface area contributed by atoms with E-state index in [1.165, 1.54) is 5.57 Å². The molecule has 0 bridgehead atoms. The first-order valence-electron chi connectivity index (χ1n) is 3.84. The van der Waals surface area contributed by atoms with Gasteiger partial charge in [0.15, 0.2) is 0 Å². The van der Waals surface area contributed by atoms with Gasteiger partial charge in [0.1, 0.15) is 5.76 Å². The first-order chi connectivity index (χ1) is 5.24. The van der Waals surface area contributed by atoms with Crippen LogP contribution in [0.2, 0.25) is 0 Å². The number of rotatable bonds is 1. The highest BCUT2D eigenvalue weighted by atomic mass is 16.5. The fourth-order valence-corrected chi connectivity index (χ4v) is 1.000. The van der Waals surface area contributed by atoms with Crippen molar-refractivity contribution in [1.29, 1.82) is 0 Å². The molecule has 0 spiro atoms. The van der Waals surface area contributed by atoms with Crippen LogP contribution in [0.4, 0.5) is 0 Å². The van der Waals surface area contributed by atoms with E-state index in [2.05, 4.69) is 26.0 Å². The van der Waals surface area contributed by atoms with Crippen LogP contribution >= 0.6 is 0 Å². The summed E-state index contributed by atoms with van der Waals surface area (Å²) in [6.07, 6.45) is 8.26. The fraction of sp³-hybridized carbons (Fsp3) is 0.400. The lowest BCUT2D eigenvalue weighted by Gasteiger charge is -2.04. The molecule has 1 aliphatic rings. The third-order valence-electron chi connectivity index (χ3n) is 1.98. The zero-order valence-corrected chi connectivity index (χ0v) is 7.29. The minimum atomic E-state index is 0.527. The second kappa shape index (κ2) is 3.42. The number of hydrogen-bond donors (Lipinski definition) is 0. The molecule has 1 aliphatic carbocycles. The normalized spacial score (nSPS) is 23.7. The number of methoxy groups -OCH3 is 1. The van der Waals surface area contributed by atoms with Crippen LogP contribution in [-0.2, 0) is 4.74 Å². The molecule has 0 saturated heterocycles. The molecule has 0 aromatic rings. The van der Waals surface area contributed by atoms with Gasteiger partial charge < -0.3 is 4.74 Å². The lowest BCUT2D eigenvalue weighted by Crippen LogP contribution is -1.90. The molecule has 1 atom stereocenters. The molecule has 0 N–H and O–H groups in total. The average molecular weight is 150 g/mol. The van der Waals surface area contributed by atoms with Gasteiger partial charge in [-0.15, -0.1) is 0 Å². The van der Waals surface area contributed by atoms with Gasteiger partial charge >= 0.3 is 0 Å². The Hall–Kier alpha value is -0.980. The van der Waals surface area contributed by atoms with Crippen molar-refractivity contribution in [2.24, 2.45) is 5.92 Å². The van der Waals surface area contributed by atoms with E-state index in [1.807, 2.05) is 12.2 Å². The molecule has 0 aliphatic heterocycles. The molecule has 0 amide bonds. The molecule has 60 valence electrons. The van der Waals surface area contributed by atoms with E-state index < -0.39 is 0 Å². The van der Waals surface area contributed by atoms with Crippen molar-refractivity contribution in [3.63, 3.8) is 0 Å². The van der Waals surface area contributed by atoms with Crippen LogP contribution in [0.25, 0.3) is 0 Å². The number of hydrogen-bond acceptors (Lipinski definition) is 1. The molecule has 0 aromatic heterocycles. The quantitative estimate of drug-likeness (QED) is 0.558. The molecule has 0 fully saturated rings. The predicted octanol–water partition coefficient (Wildman–Crippen LogP) is 2.67. The van der Waals surface area contributed by atoms with Crippen LogP contribution in [0.3, 0.4) is 0 Å². The van der Waals surface area contributed by atoms with Crippen molar-refractivity contribution in [3.05, 3.63) is 35.6 Å². The molecule has 1 nitrogen and oxygen atoms in total. The van der Waals surface area contributed by atoms with Gasteiger partial charge in [0, 0.05) is 0 Å². The summed E-state index contributed by atoms with van der Waals surface area (Å²) >= 11 is 0. The van der Waals surface area contributed by atoms with Crippen LogP contribution in [0, 0.1) is 5.92 Å². The summed E-state index contributed by atoms with van der Waals surface area (Å²) in [6.45, 7) is 4.29. The Morgan fingerprint density at radius 1 is 1.45 bits per heavy atom. The van der Waals surface area contributed by atoms with Crippen LogP contribution in [0.5, 0.6) is 0 Å². The third kappa shape index (κ3) is 1.97. The molecule has 0 aromatic carbocycles. The van der Waals surface area contributed by atoms with Gasteiger partial charge in [-0.2, -0.15) is 0 Å². The molecule has 1 rings (SSSR count). The van der Waals surface area contributed by atoms with Crippen molar-refractivity contribution in [2.45, 2.75) is 13.8 Å². The van der Waals surface area contributed by atoms with Crippen molar-refractivity contribution < 1.29 is 4.74 Å². The highest BCUT2D eigenvalue weighted by Gasteiger charge is 2.03. The first kappa shape index (κ1) is 8.12. The standard InChI is InChI=1S/C10H14O/c1-8-5-4-6-10(11-3)7-9(8)2/h4-8H,1-3H3. The second-order valence-corrected chi connectivity index (χ2v) is 2.84. The molecule has 0 radical (unpaired) electrons. The largest absolute Gasteiger partial charge is 0.497 e. The highest BCUT2D eigenvalue weighted by Crippen LogP contribution is 2.17. The summed E-state index contributed by atoms with van der Waals surface area (Å²) in [4.78, 5) is 0. The van der Waals surface area contributed by atoms with Crippen LogP contribution < -0.4 is 0 Å². The molecule has 0 saturated carbocycles. The number of ether oxygens (including phenoxy) is 1. The van der Waals surface area contributed by atoms with E-state index in [0.29, 0.717) is 5.92 Å². The highest BCUT2D eigenvalue weighted by molar-refractivity contribution is 5.28. The summed E-state index contributed by atoms with van der Waals surface area (Å²) in [5.41, 5.74) is 1.34. The van der Waals surface area contributed by atoms with E-state index in [-0.39, 0.29) is 0 Å². The molecular formula is C10H14O. The Labute approximate surface area is 68.1 Å². The average Bonchev–Trinajstić information content (AvgIpc) is 2.15. The summed E-state index contributed by atoms with van der Waals surface area (Å²) in [5, 5.41) is 0. The Morgan fingerprint density at radius 2 is 2.18 bits per heavy atom. The van der Waals surface area contributed by atoms with Gasteiger partial charge in [0.25, 0.3) is 0 Å². The summed E-state index contributed by atoms with van der Waals surface area (Å²) < 4.78 is 5.12. The Kier molecular flexibility index (Phi) is 2.53.